The fourth-order valence-electron chi connectivity index (χ4n) is 0.697. The maximum atomic E-state index is 8.17. The predicted octanol–water partition coefficient (Wildman–Crippen LogP) is 3.61. The molecule has 0 aromatic heterocycles. The van der Waals surface area contributed by atoms with Gasteiger partial charge < -0.3 is 0 Å². The van der Waals surface area contributed by atoms with Gasteiger partial charge in [-0.15, -0.1) is 0 Å². The Kier molecular flexibility index (Phi) is 8.68. The van der Waals surface area contributed by atoms with Gasteiger partial charge >= 0.3 is 0 Å². The van der Waals surface area contributed by atoms with Crippen molar-refractivity contribution in [3.05, 3.63) is 41.8 Å². The second kappa shape index (κ2) is 10.1. The summed E-state index contributed by atoms with van der Waals surface area (Å²) >= 11 is 1.17. The van der Waals surface area contributed by atoms with Crippen LogP contribution >= 0.6 is 11.8 Å². The van der Waals surface area contributed by atoms with Crippen LogP contribution in [0.3, 0.4) is 0 Å². The number of hydrogen-bond acceptors (Lipinski definition) is 5. The van der Waals surface area contributed by atoms with E-state index in [0.29, 0.717) is 0 Å². The van der Waals surface area contributed by atoms with Crippen LogP contribution in [0.5, 0.6) is 0 Å². The SMILES string of the molecule is [N-]=[N+]=NC(CSCC(N=[N+]=[N-])N=[N+]=[N-])N=[N+]=[N-]. The van der Waals surface area contributed by atoms with Crippen molar-refractivity contribution in [2.75, 3.05) is 11.5 Å². The number of nitrogens with zero attached hydrogens (tertiary/aromatic N) is 12. The summed E-state index contributed by atoms with van der Waals surface area (Å²) in [5, 5.41) is 12.9. The zero-order valence-electron chi connectivity index (χ0n) is 8.34. The van der Waals surface area contributed by atoms with Crippen LogP contribution in [0, 0.1) is 0 Å². The fourth-order valence-corrected chi connectivity index (χ4v) is 1.52. The van der Waals surface area contributed by atoms with Crippen LogP contribution in [0.2, 0.25) is 0 Å². The second-order valence-electron chi connectivity index (χ2n) is 2.32. The van der Waals surface area contributed by atoms with Crippen LogP contribution < -0.4 is 0 Å². The van der Waals surface area contributed by atoms with E-state index in [1.807, 2.05) is 0 Å². The van der Waals surface area contributed by atoms with Crippen LogP contribution in [0.25, 0.3) is 41.8 Å². The molecule has 0 aliphatic rings. The third-order valence-corrected chi connectivity index (χ3v) is 2.34. The van der Waals surface area contributed by atoms with Crippen LogP contribution in [0.4, 0.5) is 0 Å². The average molecular weight is 254 g/mol. The molecule has 88 valence electrons. The lowest BCUT2D eigenvalue weighted by Crippen LogP contribution is -2.07. The van der Waals surface area contributed by atoms with E-state index >= 15 is 0 Å². The zero-order chi connectivity index (χ0) is 12.9. The molecule has 13 heteroatoms. The summed E-state index contributed by atoms with van der Waals surface area (Å²) in [5.41, 5.74) is 32.7. The summed E-state index contributed by atoms with van der Waals surface area (Å²) in [4.78, 5) is 10.0. The van der Waals surface area contributed by atoms with Crippen molar-refractivity contribution in [2.45, 2.75) is 12.3 Å². The van der Waals surface area contributed by atoms with Gasteiger partial charge in [0, 0.05) is 31.2 Å². The van der Waals surface area contributed by atoms with Crippen molar-refractivity contribution in [1.29, 1.82) is 0 Å². The molecule has 0 aromatic rings. The largest absolute Gasteiger partial charge is 0.161 e. The van der Waals surface area contributed by atoms with E-state index in [4.69, 9.17) is 22.1 Å². The third-order valence-electron chi connectivity index (χ3n) is 1.27. The molecule has 0 aliphatic carbocycles. The Labute approximate surface area is 98.5 Å². The number of thioether (sulfide) groups is 1. The molecule has 12 nitrogen and oxygen atoms in total. The van der Waals surface area contributed by atoms with E-state index in [1.165, 1.54) is 11.8 Å². The summed E-state index contributed by atoms with van der Waals surface area (Å²) in [5.74, 6) is 0.402. The molecule has 0 saturated carbocycles. The lowest BCUT2D eigenvalue weighted by molar-refractivity contribution is 0.767. The van der Waals surface area contributed by atoms with Crippen LogP contribution in [-0.2, 0) is 0 Å². The van der Waals surface area contributed by atoms with Crippen molar-refractivity contribution in [3.63, 3.8) is 0 Å². The maximum absolute atomic E-state index is 8.17. The van der Waals surface area contributed by atoms with Gasteiger partial charge in [-0.05, 0) is 22.1 Å². The van der Waals surface area contributed by atoms with Gasteiger partial charge in [0.1, 0.15) is 12.3 Å². The summed E-state index contributed by atoms with van der Waals surface area (Å²) < 4.78 is 0. The average Bonchev–Trinajstić information content (AvgIpc) is 2.30. The van der Waals surface area contributed by atoms with E-state index in [9.17, 15) is 0 Å². The first-order valence-corrected chi connectivity index (χ1v) is 5.18. The topological polar surface area (TPSA) is 195 Å². The normalized spacial score (nSPS) is 11.8. The van der Waals surface area contributed by atoms with Gasteiger partial charge in [-0.1, -0.05) is 20.5 Å². The van der Waals surface area contributed by atoms with Crippen LogP contribution in [0.1, 0.15) is 0 Å². The van der Waals surface area contributed by atoms with Gasteiger partial charge in [0.2, 0.25) is 0 Å². The standard InChI is InChI=1S/C4H6N12S/c5-13-9-3(10-14-6)1-17-2-4(11-15-7)12-16-8/h3-4H,1-2H2. The van der Waals surface area contributed by atoms with Gasteiger partial charge in [-0.25, -0.2) is 0 Å². The fraction of sp³-hybridized carbons (Fsp3) is 1.00. The Balaban J connectivity index is 4.25. The predicted molar refractivity (Wildman–Crippen MR) is 61.5 cm³/mol. The van der Waals surface area contributed by atoms with E-state index in [1.54, 1.807) is 0 Å². The lowest BCUT2D eigenvalue weighted by atomic mass is 10.6. The summed E-state index contributed by atoms with van der Waals surface area (Å²) in [7, 11) is 0. The van der Waals surface area contributed by atoms with Crippen LogP contribution in [-0.4, -0.2) is 23.8 Å². The van der Waals surface area contributed by atoms with E-state index in [2.05, 4.69) is 40.1 Å². The van der Waals surface area contributed by atoms with E-state index < -0.39 is 12.3 Å². The first kappa shape index (κ1) is 14.6. The third kappa shape index (κ3) is 7.51. The van der Waals surface area contributed by atoms with Crippen molar-refractivity contribution < 1.29 is 0 Å². The Morgan fingerprint density at radius 2 is 1.00 bits per heavy atom. The van der Waals surface area contributed by atoms with Crippen molar-refractivity contribution in [3.8, 4) is 0 Å². The Bertz CT molecular complexity index is 342. The highest BCUT2D eigenvalue weighted by Crippen LogP contribution is 2.12. The quantitative estimate of drug-likeness (QED) is 0.356. The van der Waals surface area contributed by atoms with Crippen LogP contribution in [0.15, 0.2) is 20.5 Å². The molecule has 0 saturated heterocycles. The Morgan fingerprint density at radius 1 is 0.706 bits per heavy atom. The highest BCUT2D eigenvalue weighted by Gasteiger charge is 2.07. The molecular weight excluding hydrogens is 248 g/mol. The smallest absolute Gasteiger partial charge is 0.125 e. The molecule has 0 bridgehead atoms. The van der Waals surface area contributed by atoms with E-state index in [-0.39, 0.29) is 11.5 Å². The molecule has 0 radical (unpaired) electrons. The first-order chi connectivity index (χ1) is 8.28. The summed E-state index contributed by atoms with van der Waals surface area (Å²) in [6, 6.07) is 0. The van der Waals surface area contributed by atoms with Gasteiger partial charge in [0.05, 0.1) is 0 Å². The van der Waals surface area contributed by atoms with Gasteiger partial charge in [-0.2, -0.15) is 11.8 Å². The molecule has 17 heavy (non-hydrogen) atoms. The lowest BCUT2D eigenvalue weighted by Gasteiger charge is -2.05. The molecule has 0 unspecified atom stereocenters. The molecular formula is C4H6N12S. The molecule has 0 heterocycles. The zero-order valence-corrected chi connectivity index (χ0v) is 9.16. The monoisotopic (exact) mass is 254 g/mol. The molecule has 0 rings (SSSR count). The van der Waals surface area contributed by atoms with Crippen molar-refractivity contribution in [2.24, 2.45) is 20.5 Å². The first-order valence-electron chi connectivity index (χ1n) is 4.03. The van der Waals surface area contributed by atoms with Gasteiger partial charge in [0.25, 0.3) is 0 Å². The summed E-state index contributed by atoms with van der Waals surface area (Å²) in [6.45, 7) is 0. The molecule has 0 amide bonds. The van der Waals surface area contributed by atoms with Crippen molar-refractivity contribution >= 4 is 11.8 Å². The molecule has 0 aromatic carbocycles. The molecule has 0 fully saturated rings. The Hall–Kier alpha value is -2.41. The summed E-state index contributed by atoms with van der Waals surface area (Å²) in [6.07, 6.45) is -1.74. The minimum atomic E-state index is -0.868. The maximum Gasteiger partial charge on any atom is 0.125 e. The molecule has 0 atom stereocenters. The van der Waals surface area contributed by atoms with Crippen molar-refractivity contribution in [1.82, 2.24) is 0 Å². The molecule has 0 spiro atoms. The number of hydrogen-bond donors (Lipinski definition) is 0. The van der Waals surface area contributed by atoms with Gasteiger partial charge in [0.15, 0.2) is 0 Å². The van der Waals surface area contributed by atoms with E-state index in [0.717, 1.165) is 0 Å². The highest BCUT2D eigenvalue weighted by molar-refractivity contribution is 7.99. The highest BCUT2D eigenvalue weighted by atomic mass is 32.2. The molecule has 0 N–H and O–H groups in total. The Morgan fingerprint density at radius 3 is 1.24 bits per heavy atom. The van der Waals surface area contributed by atoms with Gasteiger partial charge in [-0.3, -0.25) is 0 Å². The second-order valence-corrected chi connectivity index (χ2v) is 3.39. The minimum Gasteiger partial charge on any atom is -0.161 e. The molecule has 0 aliphatic heterocycles. The number of rotatable bonds is 8. The minimum absolute atomic E-state index is 0.201. The number of azide groups is 2.